The van der Waals surface area contributed by atoms with Crippen molar-refractivity contribution in [3.05, 3.63) is 76.9 Å². The molecule has 1 aromatic heterocycles. The summed E-state index contributed by atoms with van der Waals surface area (Å²) in [5, 5.41) is 7.33. The van der Waals surface area contributed by atoms with Gasteiger partial charge in [0.2, 0.25) is 0 Å². The molecule has 0 spiro atoms. The Bertz CT molecular complexity index is 1050. The second kappa shape index (κ2) is 9.20. The number of ether oxygens (including phenoxy) is 2. The van der Waals surface area contributed by atoms with E-state index in [4.69, 9.17) is 9.47 Å². The summed E-state index contributed by atoms with van der Waals surface area (Å²) in [6, 6.07) is 14.2. The molecule has 3 aromatic rings. The first-order valence-corrected chi connectivity index (χ1v) is 10.4. The normalized spacial score (nSPS) is 15.8. The van der Waals surface area contributed by atoms with E-state index in [0.29, 0.717) is 13.1 Å². The molecule has 6 nitrogen and oxygen atoms in total. The topological polar surface area (TPSA) is 67.4 Å². The molecule has 1 unspecified atom stereocenters. The van der Waals surface area contributed by atoms with Crippen molar-refractivity contribution in [2.24, 2.45) is 0 Å². The number of para-hydroxylation sites is 2. The number of hydrogen-bond acceptors (Lipinski definition) is 4. The number of halogens is 1. The van der Waals surface area contributed by atoms with Crippen LogP contribution in [0.15, 0.2) is 48.5 Å². The van der Waals surface area contributed by atoms with Crippen LogP contribution in [0.4, 0.5) is 4.39 Å². The second-order valence-corrected chi connectivity index (χ2v) is 7.87. The first-order chi connectivity index (χ1) is 15.0. The number of carbonyl (C=O) groups excluding carboxylic acids is 1. The smallest absolute Gasteiger partial charge is 0.260 e. The molecule has 0 bridgehead atoms. The largest absolute Gasteiger partial charge is 0.484 e. The first kappa shape index (κ1) is 20.9. The number of aromatic amines is 1. The van der Waals surface area contributed by atoms with Gasteiger partial charge in [-0.3, -0.25) is 9.89 Å². The predicted octanol–water partition coefficient (Wildman–Crippen LogP) is 4.14. The maximum Gasteiger partial charge on any atom is 0.260 e. The van der Waals surface area contributed by atoms with Gasteiger partial charge < -0.3 is 14.4 Å². The molecule has 162 valence electrons. The Morgan fingerprint density at radius 3 is 2.71 bits per heavy atom. The van der Waals surface area contributed by atoms with Crippen LogP contribution >= 0.6 is 0 Å². The van der Waals surface area contributed by atoms with E-state index in [1.165, 1.54) is 6.07 Å². The molecule has 2 aromatic carbocycles. The van der Waals surface area contributed by atoms with Gasteiger partial charge in [-0.25, -0.2) is 4.39 Å². The van der Waals surface area contributed by atoms with Gasteiger partial charge in [-0.15, -0.1) is 0 Å². The lowest BCUT2D eigenvalue weighted by Gasteiger charge is -2.18. The summed E-state index contributed by atoms with van der Waals surface area (Å²) in [6.45, 7) is 5.46. The van der Waals surface area contributed by atoms with E-state index >= 15 is 0 Å². The van der Waals surface area contributed by atoms with Crippen molar-refractivity contribution in [2.75, 3.05) is 19.7 Å². The fourth-order valence-electron chi connectivity index (χ4n) is 3.86. The van der Waals surface area contributed by atoms with Gasteiger partial charge in [-0.1, -0.05) is 30.3 Å². The second-order valence-electron chi connectivity index (χ2n) is 7.87. The minimum absolute atomic E-state index is 0.0243. The third-order valence-corrected chi connectivity index (χ3v) is 5.58. The Morgan fingerprint density at radius 2 is 1.94 bits per heavy atom. The predicted molar refractivity (Wildman–Crippen MR) is 115 cm³/mol. The summed E-state index contributed by atoms with van der Waals surface area (Å²) in [5.41, 5.74) is 3.70. The number of hydrogen-bond donors (Lipinski definition) is 1. The summed E-state index contributed by atoms with van der Waals surface area (Å²) in [4.78, 5) is 14.5. The molecule has 7 heteroatoms. The lowest BCUT2D eigenvalue weighted by Crippen LogP contribution is -2.33. The van der Waals surface area contributed by atoms with Crippen LogP contribution in [-0.2, 0) is 11.4 Å². The lowest BCUT2D eigenvalue weighted by molar-refractivity contribution is -0.132. The fraction of sp³-hybridized carbons (Fsp3) is 0.333. The highest BCUT2D eigenvalue weighted by Crippen LogP contribution is 2.27. The SMILES string of the molecule is Cc1cccc(C)c1OCC(=O)N1CCC(c2cc(COc3ccccc3F)[nH]n2)C1. The van der Waals surface area contributed by atoms with Crippen LogP contribution in [0.2, 0.25) is 0 Å². The number of nitrogens with zero attached hydrogens (tertiary/aromatic N) is 2. The highest BCUT2D eigenvalue weighted by molar-refractivity contribution is 5.78. The summed E-state index contributed by atoms with van der Waals surface area (Å²) in [6.07, 6.45) is 0.841. The van der Waals surface area contributed by atoms with Crippen molar-refractivity contribution < 1.29 is 18.7 Å². The first-order valence-electron chi connectivity index (χ1n) is 10.4. The highest BCUT2D eigenvalue weighted by atomic mass is 19.1. The number of likely N-dealkylation sites (tertiary alicyclic amines) is 1. The summed E-state index contributed by atoms with van der Waals surface area (Å²) in [5.74, 6) is 0.722. The third-order valence-electron chi connectivity index (χ3n) is 5.58. The molecule has 1 saturated heterocycles. The number of aryl methyl sites for hydroxylation is 2. The monoisotopic (exact) mass is 423 g/mol. The number of benzene rings is 2. The highest BCUT2D eigenvalue weighted by Gasteiger charge is 2.29. The minimum atomic E-state index is -0.393. The van der Waals surface area contributed by atoms with Gasteiger partial charge in [0, 0.05) is 19.0 Å². The van der Waals surface area contributed by atoms with Crippen LogP contribution in [0.1, 0.15) is 34.9 Å². The molecule has 1 N–H and O–H groups in total. The zero-order valence-electron chi connectivity index (χ0n) is 17.7. The van der Waals surface area contributed by atoms with E-state index in [0.717, 1.165) is 34.7 Å². The minimum Gasteiger partial charge on any atom is -0.484 e. The zero-order chi connectivity index (χ0) is 21.8. The van der Waals surface area contributed by atoms with Crippen LogP contribution in [0, 0.1) is 19.7 Å². The summed E-state index contributed by atoms with van der Waals surface area (Å²) < 4.78 is 25.0. The van der Waals surface area contributed by atoms with Gasteiger partial charge in [0.15, 0.2) is 18.2 Å². The van der Waals surface area contributed by atoms with Gasteiger partial charge in [-0.2, -0.15) is 5.10 Å². The van der Waals surface area contributed by atoms with Crippen LogP contribution < -0.4 is 9.47 Å². The molecular weight excluding hydrogens is 397 g/mol. The number of aromatic nitrogens is 2. The van der Waals surface area contributed by atoms with Crippen molar-refractivity contribution >= 4 is 5.91 Å². The quantitative estimate of drug-likeness (QED) is 0.620. The van der Waals surface area contributed by atoms with Crippen LogP contribution in [0.5, 0.6) is 11.5 Å². The van der Waals surface area contributed by atoms with Gasteiger partial charge in [0.1, 0.15) is 12.4 Å². The molecule has 1 amide bonds. The molecule has 0 radical (unpaired) electrons. The Balaban J connectivity index is 1.29. The molecule has 4 rings (SSSR count). The Morgan fingerprint density at radius 1 is 1.16 bits per heavy atom. The number of carbonyl (C=O) groups is 1. The van der Waals surface area contributed by atoms with E-state index in [9.17, 15) is 9.18 Å². The molecule has 2 heterocycles. The molecular formula is C24H26FN3O3. The van der Waals surface area contributed by atoms with E-state index in [1.807, 2.05) is 43.0 Å². The molecule has 31 heavy (non-hydrogen) atoms. The van der Waals surface area contributed by atoms with Crippen molar-refractivity contribution in [3.8, 4) is 11.5 Å². The maximum absolute atomic E-state index is 13.7. The Hall–Kier alpha value is -3.35. The number of rotatable bonds is 7. The molecule has 1 aliphatic heterocycles. The van der Waals surface area contributed by atoms with Gasteiger partial charge >= 0.3 is 0 Å². The molecule has 1 atom stereocenters. The number of H-pyrrole nitrogens is 1. The number of amides is 1. The molecule has 0 aliphatic carbocycles. The average Bonchev–Trinajstić information content (AvgIpc) is 3.42. The van der Waals surface area contributed by atoms with E-state index < -0.39 is 5.82 Å². The fourth-order valence-corrected chi connectivity index (χ4v) is 3.86. The Kier molecular flexibility index (Phi) is 6.21. The van der Waals surface area contributed by atoms with Gasteiger partial charge in [-0.05, 0) is 49.6 Å². The van der Waals surface area contributed by atoms with Crippen LogP contribution in [0.3, 0.4) is 0 Å². The zero-order valence-corrected chi connectivity index (χ0v) is 17.7. The van der Waals surface area contributed by atoms with Crippen LogP contribution in [-0.4, -0.2) is 40.7 Å². The summed E-state index contributed by atoms with van der Waals surface area (Å²) >= 11 is 0. The molecule has 1 aliphatic rings. The van der Waals surface area contributed by atoms with Crippen molar-refractivity contribution in [1.29, 1.82) is 0 Å². The number of nitrogens with one attached hydrogen (secondary N) is 1. The third kappa shape index (κ3) is 4.87. The molecule has 0 saturated carbocycles. The van der Waals surface area contributed by atoms with Gasteiger partial charge in [0.05, 0.1) is 11.4 Å². The summed E-state index contributed by atoms with van der Waals surface area (Å²) in [7, 11) is 0. The average molecular weight is 423 g/mol. The maximum atomic E-state index is 13.7. The standard InChI is InChI=1S/C24H26FN3O3/c1-16-6-5-7-17(2)24(16)31-15-23(29)28-11-10-18(13-28)21-12-19(26-27-21)14-30-22-9-4-3-8-20(22)25/h3-9,12,18H,10-11,13-15H2,1-2H3,(H,26,27). The van der Waals surface area contributed by atoms with E-state index in [1.54, 1.807) is 18.2 Å². The van der Waals surface area contributed by atoms with Crippen LogP contribution in [0.25, 0.3) is 0 Å². The molecule has 1 fully saturated rings. The van der Waals surface area contributed by atoms with Crippen molar-refractivity contribution in [2.45, 2.75) is 32.8 Å². The van der Waals surface area contributed by atoms with E-state index in [2.05, 4.69) is 10.2 Å². The van der Waals surface area contributed by atoms with Gasteiger partial charge in [0.25, 0.3) is 5.91 Å². The van der Waals surface area contributed by atoms with E-state index in [-0.39, 0.29) is 30.8 Å². The van der Waals surface area contributed by atoms with Crippen molar-refractivity contribution in [3.63, 3.8) is 0 Å². The Labute approximate surface area is 181 Å². The lowest BCUT2D eigenvalue weighted by atomic mass is 10.1. The van der Waals surface area contributed by atoms with Crippen molar-refractivity contribution in [1.82, 2.24) is 15.1 Å².